The maximum Gasteiger partial charge on any atom is 1.00 e. The van der Waals surface area contributed by atoms with Crippen LogP contribution in [0.15, 0.2) is 24.3 Å². The number of Topliss-reactive ketones (excluding diaryl/α,β-unsaturated/α-hetero) is 1. The smallest absolute Gasteiger partial charge is 0.507 e. The number of benzene rings is 1. The molecule has 0 aliphatic carbocycles. The SMILES string of the molecule is CCCCCCCCC(=O)c1ccccc1O.[Na+]. The second kappa shape index (κ2) is 10.6. The molecule has 0 aromatic heterocycles. The van der Waals surface area contributed by atoms with Crippen molar-refractivity contribution in [2.24, 2.45) is 0 Å². The van der Waals surface area contributed by atoms with Crippen LogP contribution >= 0.6 is 0 Å². The van der Waals surface area contributed by atoms with Gasteiger partial charge in [0.2, 0.25) is 0 Å². The van der Waals surface area contributed by atoms with Crippen LogP contribution in [0, 0.1) is 0 Å². The Kier molecular flexibility index (Phi) is 10.4. The second-order valence-corrected chi connectivity index (χ2v) is 4.46. The van der Waals surface area contributed by atoms with Gasteiger partial charge in [-0.05, 0) is 18.6 Å². The molecule has 0 amide bonds. The molecule has 0 atom stereocenters. The molecule has 0 radical (unpaired) electrons. The van der Waals surface area contributed by atoms with Crippen LogP contribution in [0.4, 0.5) is 0 Å². The Hall–Kier alpha value is -0.310. The van der Waals surface area contributed by atoms with Gasteiger partial charge in [-0.2, -0.15) is 0 Å². The van der Waals surface area contributed by atoms with Crippen LogP contribution in [0.2, 0.25) is 0 Å². The Balaban J connectivity index is 0.00000289. The molecular weight excluding hydrogens is 235 g/mol. The van der Waals surface area contributed by atoms with E-state index in [-0.39, 0.29) is 41.1 Å². The first kappa shape index (κ1) is 17.7. The van der Waals surface area contributed by atoms with Gasteiger partial charge >= 0.3 is 29.6 Å². The van der Waals surface area contributed by atoms with Crippen LogP contribution in [0.3, 0.4) is 0 Å². The Bertz CT molecular complexity index is 350. The zero-order valence-electron chi connectivity index (χ0n) is 11.6. The van der Waals surface area contributed by atoms with Crippen LogP contribution in [0.1, 0.15) is 62.2 Å². The van der Waals surface area contributed by atoms with Crippen molar-refractivity contribution in [1.29, 1.82) is 0 Å². The number of carbonyl (C=O) groups excluding carboxylic acids is 1. The van der Waals surface area contributed by atoms with Gasteiger partial charge in [0, 0.05) is 6.42 Å². The number of para-hydroxylation sites is 1. The topological polar surface area (TPSA) is 37.3 Å². The second-order valence-electron chi connectivity index (χ2n) is 4.46. The molecule has 1 N–H and O–H groups in total. The fraction of sp³-hybridized carbons (Fsp3) is 0.533. The number of phenols is 1. The summed E-state index contributed by atoms with van der Waals surface area (Å²) in [5.41, 5.74) is 0.459. The summed E-state index contributed by atoms with van der Waals surface area (Å²) >= 11 is 0. The summed E-state index contributed by atoms with van der Waals surface area (Å²) in [6, 6.07) is 6.77. The largest absolute Gasteiger partial charge is 1.00 e. The summed E-state index contributed by atoms with van der Waals surface area (Å²) < 4.78 is 0. The predicted octanol–water partition coefficient (Wildman–Crippen LogP) is 1.33. The summed E-state index contributed by atoms with van der Waals surface area (Å²) in [7, 11) is 0. The molecule has 18 heavy (non-hydrogen) atoms. The number of carbonyl (C=O) groups is 1. The Labute approximate surface area is 132 Å². The van der Waals surface area contributed by atoms with E-state index in [1.807, 2.05) is 0 Å². The molecule has 0 spiro atoms. The maximum absolute atomic E-state index is 11.8. The van der Waals surface area contributed by atoms with Crippen molar-refractivity contribution in [3.63, 3.8) is 0 Å². The summed E-state index contributed by atoms with van der Waals surface area (Å²) in [6.45, 7) is 2.20. The van der Waals surface area contributed by atoms with E-state index in [9.17, 15) is 9.90 Å². The molecule has 0 bridgehead atoms. The molecule has 1 aromatic carbocycles. The van der Waals surface area contributed by atoms with Gasteiger partial charge in [0.25, 0.3) is 0 Å². The van der Waals surface area contributed by atoms with E-state index in [0.717, 1.165) is 12.8 Å². The van der Waals surface area contributed by atoms with E-state index in [2.05, 4.69) is 6.92 Å². The first-order valence-electron chi connectivity index (χ1n) is 6.57. The van der Waals surface area contributed by atoms with E-state index in [1.54, 1.807) is 24.3 Å². The van der Waals surface area contributed by atoms with E-state index in [0.29, 0.717) is 12.0 Å². The molecule has 3 heteroatoms. The zero-order chi connectivity index (χ0) is 12.5. The monoisotopic (exact) mass is 257 g/mol. The Morgan fingerprint density at radius 1 is 1.06 bits per heavy atom. The molecule has 0 saturated carbocycles. The van der Waals surface area contributed by atoms with Crippen LogP contribution < -0.4 is 29.6 Å². The van der Waals surface area contributed by atoms with Crippen LogP contribution in [0.25, 0.3) is 0 Å². The molecule has 0 unspecified atom stereocenters. The van der Waals surface area contributed by atoms with Gasteiger partial charge in [-0.15, -0.1) is 0 Å². The van der Waals surface area contributed by atoms with Crippen LogP contribution in [-0.2, 0) is 0 Å². The molecule has 1 aromatic rings. The van der Waals surface area contributed by atoms with Crippen molar-refractivity contribution in [1.82, 2.24) is 0 Å². The van der Waals surface area contributed by atoms with Gasteiger partial charge in [-0.3, -0.25) is 4.79 Å². The summed E-state index contributed by atoms with van der Waals surface area (Å²) in [4.78, 5) is 11.8. The first-order chi connectivity index (χ1) is 8.25. The third-order valence-electron chi connectivity index (χ3n) is 2.96. The van der Waals surface area contributed by atoms with Gasteiger partial charge in [0.15, 0.2) is 5.78 Å². The maximum atomic E-state index is 11.8. The third kappa shape index (κ3) is 6.58. The molecule has 0 aliphatic rings. The summed E-state index contributed by atoms with van der Waals surface area (Å²) in [5, 5.41) is 9.53. The van der Waals surface area contributed by atoms with Crippen LogP contribution in [-0.4, -0.2) is 10.9 Å². The molecule has 1 rings (SSSR count). The molecular formula is C15H22NaO2+. The molecule has 0 saturated heterocycles. The summed E-state index contributed by atoms with van der Waals surface area (Å²) in [5.74, 6) is 0.155. The number of phenolic OH excluding ortho intramolecular Hbond substituents is 1. The van der Waals surface area contributed by atoms with Crippen molar-refractivity contribution in [2.75, 3.05) is 0 Å². The van der Waals surface area contributed by atoms with E-state index >= 15 is 0 Å². The van der Waals surface area contributed by atoms with Crippen LogP contribution in [0.5, 0.6) is 5.75 Å². The summed E-state index contributed by atoms with van der Waals surface area (Å²) in [6.07, 6.45) is 7.59. The average Bonchev–Trinajstić information content (AvgIpc) is 2.34. The standard InChI is InChI=1S/C15H22O2.Na/c1-2-3-4-5-6-7-11-14(16)13-10-8-9-12-15(13)17;/h8-10,12,17H,2-7,11H2,1H3;/q;+1. The zero-order valence-corrected chi connectivity index (χ0v) is 13.6. The van der Waals surface area contributed by atoms with Gasteiger partial charge in [0.05, 0.1) is 5.56 Å². The number of hydrogen-bond acceptors (Lipinski definition) is 2. The van der Waals surface area contributed by atoms with E-state index in [1.165, 1.54) is 25.7 Å². The molecule has 0 heterocycles. The molecule has 0 aliphatic heterocycles. The number of unbranched alkanes of at least 4 members (excludes halogenated alkanes) is 5. The Morgan fingerprint density at radius 3 is 2.33 bits per heavy atom. The predicted molar refractivity (Wildman–Crippen MR) is 70.4 cm³/mol. The third-order valence-corrected chi connectivity index (χ3v) is 2.96. The molecule has 0 fully saturated rings. The van der Waals surface area contributed by atoms with Crippen molar-refractivity contribution < 1.29 is 39.5 Å². The van der Waals surface area contributed by atoms with Crippen molar-refractivity contribution in [2.45, 2.75) is 51.9 Å². The first-order valence-corrected chi connectivity index (χ1v) is 6.57. The number of aromatic hydroxyl groups is 1. The number of hydrogen-bond donors (Lipinski definition) is 1. The van der Waals surface area contributed by atoms with Crippen molar-refractivity contribution in [3.05, 3.63) is 29.8 Å². The number of ketones is 1. The van der Waals surface area contributed by atoms with Crippen molar-refractivity contribution >= 4 is 5.78 Å². The fourth-order valence-electron chi connectivity index (χ4n) is 1.91. The fourth-order valence-corrected chi connectivity index (χ4v) is 1.91. The van der Waals surface area contributed by atoms with Gasteiger partial charge in [-0.25, -0.2) is 0 Å². The minimum atomic E-state index is 0. The van der Waals surface area contributed by atoms with E-state index < -0.39 is 0 Å². The Morgan fingerprint density at radius 2 is 1.67 bits per heavy atom. The van der Waals surface area contributed by atoms with Gasteiger partial charge in [0.1, 0.15) is 5.75 Å². The quantitative estimate of drug-likeness (QED) is 0.433. The van der Waals surface area contributed by atoms with Gasteiger partial charge < -0.3 is 5.11 Å². The van der Waals surface area contributed by atoms with E-state index in [4.69, 9.17) is 0 Å². The average molecular weight is 257 g/mol. The number of rotatable bonds is 8. The normalized spacial score (nSPS) is 9.83. The molecule has 2 nitrogen and oxygen atoms in total. The minimum Gasteiger partial charge on any atom is -0.507 e. The minimum absolute atomic E-state index is 0. The van der Waals surface area contributed by atoms with Crippen molar-refractivity contribution in [3.8, 4) is 5.75 Å². The molecule has 94 valence electrons. The van der Waals surface area contributed by atoms with Gasteiger partial charge in [-0.1, -0.05) is 51.2 Å².